The highest BCUT2D eigenvalue weighted by molar-refractivity contribution is 6.30. The molecule has 4 heteroatoms. The fourth-order valence-corrected chi connectivity index (χ4v) is 3.15. The highest BCUT2D eigenvalue weighted by Crippen LogP contribution is 2.32. The second-order valence-corrected chi connectivity index (χ2v) is 6.86. The van der Waals surface area contributed by atoms with Crippen LogP contribution in [0.15, 0.2) is 66.7 Å². The highest BCUT2D eigenvalue weighted by atomic mass is 35.5. The molecule has 3 nitrogen and oxygen atoms in total. The van der Waals surface area contributed by atoms with Crippen LogP contribution in [-0.2, 0) is 6.54 Å². The quantitative estimate of drug-likeness (QED) is 0.554. The summed E-state index contributed by atoms with van der Waals surface area (Å²) in [7, 11) is 3.38. The summed E-state index contributed by atoms with van der Waals surface area (Å²) in [5.74, 6) is 1.72. The van der Waals surface area contributed by atoms with E-state index in [1.807, 2.05) is 42.5 Å². The Hall–Kier alpha value is -2.49. The van der Waals surface area contributed by atoms with Crippen LogP contribution in [-0.4, -0.2) is 14.2 Å². The Balaban J connectivity index is 1.77. The fraction of sp³-hybridized carbons (Fsp3) is 0.217. The highest BCUT2D eigenvalue weighted by Gasteiger charge is 2.10. The maximum Gasteiger partial charge on any atom is 0.126 e. The maximum atomic E-state index is 6.02. The van der Waals surface area contributed by atoms with Crippen LogP contribution in [0.25, 0.3) is 11.1 Å². The van der Waals surface area contributed by atoms with Gasteiger partial charge in [-0.3, -0.25) is 0 Å². The van der Waals surface area contributed by atoms with Crippen LogP contribution in [0, 0.1) is 0 Å². The standard InChI is InChI=1S/C23H24ClNO2/c1-16(19-5-4-6-21(14-19)26-2)25-15-17-7-12-23(27-3)22(13-17)18-8-10-20(24)11-9-18/h4-14,16,25H,15H2,1-3H3. The molecule has 0 heterocycles. The predicted molar refractivity (Wildman–Crippen MR) is 112 cm³/mol. The lowest BCUT2D eigenvalue weighted by molar-refractivity contribution is 0.413. The largest absolute Gasteiger partial charge is 0.497 e. The van der Waals surface area contributed by atoms with E-state index in [-0.39, 0.29) is 6.04 Å². The molecule has 0 fully saturated rings. The Morgan fingerprint density at radius 1 is 0.926 bits per heavy atom. The van der Waals surface area contributed by atoms with Gasteiger partial charge in [0.15, 0.2) is 0 Å². The van der Waals surface area contributed by atoms with Gasteiger partial charge in [0.1, 0.15) is 11.5 Å². The second kappa shape index (κ2) is 8.94. The van der Waals surface area contributed by atoms with Crippen LogP contribution >= 0.6 is 11.6 Å². The van der Waals surface area contributed by atoms with Crippen LogP contribution in [0.4, 0.5) is 0 Å². The number of nitrogens with one attached hydrogen (secondary N) is 1. The Labute approximate surface area is 165 Å². The molecule has 0 amide bonds. The normalized spacial score (nSPS) is 11.9. The van der Waals surface area contributed by atoms with E-state index in [2.05, 4.69) is 36.5 Å². The molecule has 0 radical (unpaired) electrons. The van der Waals surface area contributed by atoms with Gasteiger partial charge in [-0.05, 0) is 60.0 Å². The second-order valence-electron chi connectivity index (χ2n) is 6.42. The van der Waals surface area contributed by atoms with Crippen molar-refractivity contribution in [2.24, 2.45) is 0 Å². The van der Waals surface area contributed by atoms with Crippen molar-refractivity contribution in [3.8, 4) is 22.6 Å². The van der Waals surface area contributed by atoms with Crippen molar-refractivity contribution < 1.29 is 9.47 Å². The van der Waals surface area contributed by atoms with Gasteiger partial charge in [-0.2, -0.15) is 0 Å². The van der Waals surface area contributed by atoms with E-state index in [0.29, 0.717) is 0 Å². The van der Waals surface area contributed by atoms with E-state index in [9.17, 15) is 0 Å². The van der Waals surface area contributed by atoms with Crippen LogP contribution in [0.2, 0.25) is 5.02 Å². The van der Waals surface area contributed by atoms with E-state index in [1.165, 1.54) is 11.1 Å². The lowest BCUT2D eigenvalue weighted by atomic mass is 10.0. The number of hydrogen-bond acceptors (Lipinski definition) is 3. The van der Waals surface area contributed by atoms with Gasteiger partial charge in [0.25, 0.3) is 0 Å². The van der Waals surface area contributed by atoms with Crippen LogP contribution in [0.3, 0.4) is 0 Å². The Bertz CT molecular complexity index is 893. The number of ether oxygens (including phenoxy) is 2. The summed E-state index contributed by atoms with van der Waals surface area (Å²) in [4.78, 5) is 0. The number of methoxy groups -OCH3 is 2. The minimum atomic E-state index is 0.209. The first-order valence-corrected chi connectivity index (χ1v) is 9.28. The molecule has 0 spiro atoms. The van der Waals surface area contributed by atoms with E-state index in [1.54, 1.807) is 14.2 Å². The predicted octanol–water partition coefficient (Wildman–Crippen LogP) is 5.88. The summed E-state index contributed by atoms with van der Waals surface area (Å²) in [6, 6.07) is 22.4. The first-order chi connectivity index (χ1) is 13.1. The van der Waals surface area contributed by atoms with E-state index < -0.39 is 0 Å². The third kappa shape index (κ3) is 4.82. The number of benzene rings is 3. The molecule has 0 aliphatic carbocycles. The molecule has 0 aliphatic rings. The van der Waals surface area contributed by atoms with Crippen molar-refractivity contribution in [1.29, 1.82) is 0 Å². The molecule has 1 unspecified atom stereocenters. The summed E-state index contributed by atoms with van der Waals surface area (Å²) in [5.41, 5.74) is 4.53. The molecule has 0 saturated carbocycles. The molecule has 0 bridgehead atoms. The SMILES string of the molecule is COc1cccc(C(C)NCc2ccc(OC)c(-c3ccc(Cl)cc3)c2)c1. The third-order valence-corrected chi connectivity index (χ3v) is 4.88. The average Bonchev–Trinajstić information content (AvgIpc) is 2.72. The van der Waals surface area contributed by atoms with Crippen LogP contribution < -0.4 is 14.8 Å². The molecule has 1 atom stereocenters. The number of hydrogen-bond donors (Lipinski definition) is 1. The van der Waals surface area contributed by atoms with Gasteiger partial charge >= 0.3 is 0 Å². The van der Waals surface area contributed by atoms with Gasteiger partial charge in [-0.15, -0.1) is 0 Å². The van der Waals surface area contributed by atoms with E-state index in [4.69, 9.17) is 21.1 Å². The van der Waals surface area contributed by atoms with Gasteiger partial charge in [-0.25, -0.2) is 0 Å². The van der Waals surface area contributed by atoms with Gasteiger partial charge in [0.05, 0.1) is 14.2 Å². The van der Waals surface area contributed by atoms with Gasteiger partial charge in [-0.1, -0.05) is 41.9 Å². The van der Waals surface area contributed by atoms with Crippen molar-refractivity contribution in [2.45, 2.75) is 19.5 Å². The van der Waals surface area contributed by atoms with Crippen LogP contribution in [0.5, 0.6) is 11.5 Å². The zero-order chi connectivity index (χ0) is 19.2. The molecule has 27 heavy (non-hydrogen) atoms. The Morgan fingerprint density at radius 2 is 1.70 bits per heavy atom. The molecule has 3 rings (SSSR count). The molecular formula is C23H24ClNO2. The maximum absolute atomic E-state index is 6.02. The fourth-order valence-electron chi connectivity index (χ4n) is 3.02. The molecule has 0 aliphatic heterocycles. The van der Waals surface area contributed by atoms with Crippen LogP contribution in [0.1, 0.15) is 24.1 Å². The monoisotopic (exact) mass is 381 g/mol. The minimum Gasteiger partial charge on any atom is -0.497 e. The summed E-state index contributed by atoms with van der Waals surface area (Å²) >= 11 is 6.02. The van der Waals surface area contributed by atoms with Gasteiger partial charge < -0.3 is 14.8 Å². The smallest absolute Gasteiger partial charge is 0.126 e. The topological polar surface area (TPSA) is 30.5 Å². The number of halogens is 1. The molecule has 0 aromatic heterocycles. The molecule has 140 valence electrons. The zero-order valence-electron chi connectivity index (χ0n) is 15.8. The first kappa shape index (κ1) is 19.3. The number of rotatable bonds is 7. The molecule has 3 aromatic carbocycles. The summed E-state index contributed by atoms with van der Waals surface area (Å²) in [5, 5.41) is 4.30. The Kier molecular flexibility index (Phi) is 6.38. The van der Waals surface area contributed by atoms with Gasteiger partial charge in [0.2, 0.25) is 0 Å². The van der Waals surface area contributed by atoms with Crippen molar-refractivity contribution in [1.82, 2.24) is 5.32 Å². The van der Waals surface area contributed by atoms with Crippen molar-refractivity contribution in [3.05, 3.63) is 82.9 Å². The molecule has 3 aromatic rings. The summed E-state index contributed by atoms with van der Waals surface area (Å²) in [6.45, 7) is 2.90. The van der Waals surface area contributed by atoms with Gasteiger partial charge in [0, 0.05) is 23.2 Å². The lowest BCUT2D eigenvalue weighted by Crippen LogP contribution is -2.18. The molecule has 0 saturated heterocycles. The lowest BCUT2D eigenvalue weighted by Gasteiger charge is -2.16. The van der Waals surface area contributed by atoms with Crippen molar-refractivity contribution in [2.75, 3.05) is 14.2 Å². The van der Waals surface area contributed by atoms with E-state index >= 15 is 0 Å². The Morgan fingerprint density at radius 3 is 2.41 bits per heavy atom. The first-order valence-electron chi connectivity index (χ1n) is 8.91. The zero-order valence-corrected chi connectivity index (χ0v) is 16.6. The average molecular weight is 382 g/mol. The summed E-state index contributed by atoms with van der Waals surface area (Å²) in [6.07, 6.45) is 0. The van der Waals surface area contributed by atoms with Crippen molar-refractivity contribution >= 4 is 11.6 Å². The summed E-state index contributed by atoms with van der Waals surface area (Å²) < 4.78 is 10.9. The molecule has 1 N–H and O–H groups in total. The van der Waals surface area contributed by atoms with E-state index in [0.717, 1.165) is 34.2 Å². The van der Waals surface area contributed by atoms with Crippen molar-refractivity contribution in [3.63, 3.8) is 0 Å². The third-order valence-electron chi connectivity index (χ3n) is 4.63. The minimum absolute atomic E-state index is 0.209. The molecular weight excluding hydrogens is 358 g/mol.